The summed E-state index contributed by atoms with van der Waals surface area (Å²) in [5.74, 6) is 1.86. The maximum absolute atomic E-state index is 5.99. The fourth-order valence-corrected chi connectivity index (χ4v) is 2.73. The van der Waals surface area contributed by atoms with Gasteiger partial charge in [0.15, 0.2) is 0 Å². The standard InChI is InChI=1S/C15H20ClN3S/c1-10(2)14-5-12(7-16)6-15(18-14)19(4)8-13-9-20-11(3)17-13/h5-6,9-10H,7-8H2,1-4H3. The highest BCUT2D eigenvalue weighted by molar-refractivity contribution is 7.09. The minimum Gasteiger partial charge on any atom is -0.354 e. The van der Waals surface area contributed by atoms with Crippen molar-refractivity contribution in [3.63, 3.8) is 0 Å². The monoisotopic (exact) mass is 309 g/mol. The van der Waals surface area contributed by atoms with Crippen LogP contribution in [0, 0.1) is 6.92 Å². The largest absolute Gasteiger partial charge is 0.354 e. The van der Waals surface area contributed by atoms with Gasteiger partial charge in [-0.3, -0.25) is 0 Å². The topological polar surface area (TPSA) is 29.0 Å². The Morgan fingerprint density at radius 2 is 2.05 bits per heavy atom. The number of nitrogens with zero attached hydrogens (tertiary/aromatic N) is 3. The number of rotatable bonds is 5. The molecule has 0 atom stereocenters. The minimum atomic E-state index is 0.395. The fraction of sp³-hybridized carbons (Fsp3) is 0.467. The number of anilines is 1. The van der Waals surface area contributed by atoms with Gasteiger partial charge in [0.05, 0.1) is 17.2 Å². The minimum absolute atomic E-state index is 0.395. The van der Waals surface area contributed by atoms with Crippen molar-refractivity contribution in [2.45, 2.75) is 39.1 Å². The van der Waals surface area contributed by atoms with E-state index in [0.29, 0.717) is 11.8 Å². The van der Waals surface area contributed by atoms with Crippen LogP contribution in [-0.2, 0) is 12.4 Å². The summed E-state index contributed by atoms with van der Waals surface area (Å²) in [7, 11) is 2.04. The van der Waals surface area contributed by atoms with Crippen molar-refractivity contribution in [1.82, 2.24) is 9.97 Å². The highest BCUT2D eigenvalue weighted by Gasteiger charge is 2.10. The average molecular weight is 310 g/mol. The molecule has 2 heterocycles. The maximum Gasteiger partial charge on any atom is 0.129 e. The summed E-state index contributed by atoms with van der Waals surface area (Å²) < 4.78 is 0. The van der Waals surface area contributed by atoms with Crippen LogP contribution in [0.25, 0.3) is 0 Å². The maximum atomic E-state index is 5.99. The summed E-state index contributed by atoms with van der Waals surface area (Å²) in [5.41, 5.74) is 3.28. The zero-order valence-electron chi connectivity index (χ0n) is 12.4. The van der Waals surface area contributed by atoms with E-state index in [1.807, 2.05) is 14.0 Å². The third-order valence-electron chi connectivity index (χ3n) is 3.09. The molecule has 5 heteroatoms. The van der Waals surface area contributed by atoms with Crippen LogP contribution in [0.5, 0.6) is 0 Å². The molecule has 0 spiro atoms. The molecule has 0 saturated carbocycles. The van der Waals surface area contributed by atoms with E-state index >= 15 is 0 Å². The van der Waals surface area contributed by atoms with Crippen molar-refractivity contribution in [2.24, 2.45) is 0 Å². The van der Waals surface area contributed by atoms with Crippen LogP contribution in [0.4, 0.5) is 5.82 Å². The molecule has 0 aliphatic carbocycles. The van der Waals surface area contributed by atoms with Gasteiger partial charge in [-0.05, 0) is 30.5 Å². The molecule has 20 heavy (non-hydrogen) atoms. The van der Waals surface area contributed by atoms with Gasteiger partial charge in [-0.15, -0.1) is 22.9 Å². The number of thiazole rings is 1. The summed E-state index contributed by atoms with van der Waals surface area (Å²) in [6, 6.07) is 4.14. The number of aryl methyl sites for hydroxylation is 1. The molecule has 0 aliphatic heterocycles. The Hall–Kier alpha value is -1.13. The predicted molar refractivity (Wildman–Crippen MR) is 86.8 cm³/mol. The van der Waals surface area contributed by atoms with E-state index in [4.69, 9.17) is 16.6 Å². The second-order valence-corrected chi connectivity index (χ2v) is 6.59. The number of pyridine rings is 1. The van der Waals surface area contributed by atoms with Gasteiger partial charge >= 0.3 is 0 Å². The van der Waals surface area contributed by atoms with Gasteiger partial charge in [-0.25, -0.2) is 9.97 Å². The van der Waals surface area contributed by atoms with Gasteiger partial charge in [-0.2, -0.15) is 0 Å². The Bertz CT molecular complexity index is 580. The fourth-order valence-electron chi connectivity index (χ4n) is 1.97. The highest BCUT2D eigenvalue weighted by Crippen LogP contribution is 2.22. The van der Waals surface area contributed by atoms with E-state index in [-0.39, 0.29) is 0 Å². The van der Waals surface area contributed by atoms with Crippen LogP contribution in [0.15, 0.2) is 17.5 Å². The molecule has 0 N–H and O–H groups in total. The van der Waals surface area contributed by atoms with Crippen LogP contribution in [0.2, 0.25) is 0 Å². The summed E-state index contributed by atoms with van der Waals surface area (Å²) in [4.78, 5) is 11.3. The van der Waals surface area contributed by atoms with Gasteiger partial charge < -0.3 is 4.90 Å². The normalized spacial score (nSPS) is 11.1. The van der Waals surface area contributed by atoms with Gasteiger partial charge in [0, 0.05) is 24.0 Å². The van der Waals surface area contributed by atoms with E-state index in [1.54, 1.807) is 11.3 Å². The van der Waals surface area contributed by atoms with E-state index in [1.165, 1.54) is 0 Å². The van der Waals surface area contributed by atoms with Crippen molar-refractivity contribution < 1.29 is 0 Å². The predicted octanol–water partition coefficient (Wildman–Crippen LogP) is 4.35. The molecule has 0 fully saturated rings. The summed E-state index contributed by atoms with van der Waals surface area (Å²) in [5, 5.41) is 3.19. The zero-order chi connectivity index (χ0) is 14.7. The lowest BCUT2D eigenvalue weighted by molar-refractivity contribution is 0.799. The van der Waals surface area contributed by atoms with Crippen molar-refractivity contribution in [3.8, 4) is 0 Å². The van der Waals surface area contributed by atoms with Gasteiger partial charge in [0.2, 0.25) is 0 Å². The molecule has 108 valence electrons. The highest BCUT2D eigenvalue weighted by atomic mass is 35.5. The van der Waals surface area contributed by atoms with Crippen molar-refractivity contribution in [3.05, 3.63) is 39.5 Å². The van der Waals surface area contributed by atoms with E-state index in [9.17, 15) is 0 Å². The molecule has 0 amide bonds. The second-order valence-electron chi connectivity index (χ2n) is 5.26. The van der Waals surface area contributed by atoms with Gasteiger partial charge in [0.1, 0.15) is 5.82 Å². The Kier molecular flexibility index (Phi) is 5.00. The first kappa shape index (κ1) is 15.3. The number of hydrogen-bond acceptors (Lipinski definition) is 4. The van der Waals surface area contributed by atoms with Gasteiger partial charge in [0.25, 0.3) is 0 Å². The van der Waals surface area contributed by atoms with Crippen LogP contribution in [0.3, 0.4) is 0 Å². The molecule has 0 aromatic carbocycles. The third kappa shape index (κ3) is 3.70. The second kappa shape index (κ2) is 6.55. The summed E-state index contributed by atoms with van der Waals surface area (Å²) >= 11 is 7.66. The number of hydrogen-bond donors (Lipinski definition) is 0. The van der Waals surface area contributed by atoms with Crippen LogP contribution < -0.4 is 4.90 Å². The molecule has 0 unspecified atom stereocenters. The Morgan fingerprint density at radius 3 is 2.60 bits per heavy atom. The van der Waals surface area contributed by atoms with E-state index < -0.39 is 0 Å². The molecule has 2 aromatic heterocycles. The average Bonchev–Trinajstić information content (AvgIpc) is 2.83. The first-order chi connectivity index (χ1) is 9.49. The molecule has 0 bridgehead atoms. The molecule has 0 radical (unpaired) electrons. The molecular formula is C15H20ClN3S. The van der Waals surface area contributed by atoms with Crippen molar-refractivity contribution >= 4 is 28.8 Å². The Morgan fingerprint density at radius 1 is 1.30 bits per heavy atom. The summed E-state index contributed by atoms with van der Waals surface area (Å²) in [6.45, 7) is 7.08. The lowest BCUT2D eigenvalue weighted by Gasteiger charge is -2.19. The van der Waals surface area contributed by atoms with Crippen LogP contribution in [0.1, 0.15) is 41.7 Å². The van der Waals surface area contributed by atoms with E-state index in [0.717, 1.165) is 34.3 Å². The third-order valence-corrected chi connectivity index (χ3v) is 4.23. The quantitative estimate of drug-likeness (QED) is 0.769. The van der Waals surface area contributed by atoms with Crippen LogP contribution >= 0.6 is 22.9 Å². The molecule has 2 rings (SSSR count). The smallest absolute Gasteiger partial charge is 0.129 e. The molecule has 0 aliphatic rings. The Balaban J connectivity index is 2.24. The Labute approximate surface area is 129 Å². The van der Waals surface area contributed by atoms with E-state index in [2.05, 4.69) is 41.2 Å². The molecule has 3 nitrogen and oxygen atoms in total. The molecule has 0 saturated heterocycles. The first-order valence-corrected chi connectivity index (χ1v) is 8.10. The number of aromatic nitrogens is 2. The van der Waals surface area contributed by atoms with Crippen LogP contribution in [-0.4, -0.2) is 17.0 Å². The lowest BCUT2D eigenvalue weighted by Crippen LogP contribution is -2.19. The molecule has 2 aromatic rings. The first-order valence-electron chi connectivity index (χ1n) is 6.68. The zero-order valence-corrected chi connectivity index (χ0v) is 13.9. The lowest BCUT2D eigenvalue weighted by atomic mass is 10.1. The van der Waals surface area contributed by atoms with Crippen molar-refractivity contribution in [2.75, 3.05) is 11.9 Å². The number of alkyl halides is 1. The van der Waals surface area contributed by atoms with Crippen molar-refractivity contribution in [1.29, 1.82) is 0 Å². The molecular weight excluding hydrogens is 290 g/mol. The number of halogens is 1. The summed E-state index contributed by atoms with van der Waals surface area (Å²) in [6.07, 6.45) is 0. The van der Waals surface area contributed by atoms with Gasteiger partial charge in [-0.1, -0.05) is 13.8 Å². The SMILES string of the molecule is Cc1nc(CN(C)c2cc(CCl)cc(C(C)C)n2)cs1.